The molecule has 0 bridgehead atoms. The molecule has 0 atom stereocenters. The summed E-state index contributed by atoms with van der Waals surface area (Å²) in [6.07, 6.45) is 0. The Morgan fingerprint density at radius 3 is 2.16 bits per heavy atom. The van der Waals surface area contributed by atoms with Crippen LogP contribution in [-0.4, -0.2) is 27.5 Å². The lowest BCUT2D eigenvalue weighted by molar-refractivity contribution is 0.100. The first kappa shape index (κ1) is 18.6. The number of sulfonamides is 1. The quantitative estimate of drug-likeness (QED) is 0.748. The fourth-order valence-corrected chi connectivity index (χ4v) is 3.19. The van der Waals surface area contributed by atoms with E-state index in [4.69, 9.17) is 15.2 Å². The molecule has 0 aromatic heterocycles. The third-order valence-electron chi connectivity index (χ3n) is 3.25. The van der Waals surface area contributed by atoms with Crippen LogP contribution in [0.2, 0.25) is 0 Å². The molecule has 2 aromatic carbocycles. The Morgan fingerprint density at radius 1 is 1.00 bits per heavy atom. The van der Waals surface area contributed by atoms with Crippen molar-refractivity contribution in [3.05, 3.63) is 48.0 Å². The van der Waals surface area contributed by atoms with Gasteiger partial charge in [-0.25, -0.2) is 8.42 Å². The van der Waals surface area contributed by atoms with Gasteiger partial charge in [-0.15, -0.1) is 0 Å². The number of nitrogens with one attached hydrogen (secondary N) is 1. The third kappa shape index (κ3) is 4.63. The van der Waals surface area contributed by atoms with E-state index in [0.29, 0.717) is 36.0 Å². The molecule has 134 valence electrons. The van der Waals surface area contributed by atoms with Gasteiger partial charge in [0.2, 0.25) is 5.91 Å². The topological polar surface area (TPSA) is 108 Å². The summed E-state index contributed by atoms with van der Waals surface area (Å²) in [4.78, 5) is 11.1. The van der Waals surface area contributed by atoms with Crippen LogP contribution in [0, 0.1) is 0 Å². The van der Waals surface area contributed by atoms with Crippen molar-refractivity contribution >= 4 is 21.6 Å². The van der Waals surface area contributed by atoms with E-state index in [9.17, 15) is 13.2 Å². The second-order valence-corrected chi connectivity index (χ2v) is 6.70. The van der Waals surface area contributed by atoms with Crippen molar-refractivity contribution in [1.29, 1.82) is 0 Å². The number of amides is 1. The maximum Gasteiger partial charge on any atom is 0.262 e. The van der Waals surface area contributed by atoms with Gasteiger partial charge in [0.1, 0.15) is 0 Å². The fraction of sp³-hybridized carbons (Fsp3) is 0.235. The predicted molar refractivity (Wildman–Crippen MR) is 94.5 cm³/mol. The highest BCUT2D eigenvalue weighted by atomic mass is 32.2. The summed E-state index contributed by atoms with van der Waals surface area (Å²) in [5.41, 5.74) is 5.77. The summed E-state index contributed by atoms with van der Waals surface area (Å²) < 4.78 is 38.4. The minimum Gasteiger partial charge on any atom is -0.490 e. The zero-order chi connectivity index (χ0) is 18.4. The highest BCUT2D eigenvalue weighted by Crippen LogP contribution is 2.31. The van der Waals surface area contributed by atoms with Crippen molar-refractivity contribution in [2.24, 2.45) is 5.73 Å². The van der Waals surface area contributed by atoms with Gasteiger partial charge >= 0.3 is 0 Å². The lowest BCUT2D eigenvalue weighted by Gasteiger charge is -2.13. The molecule has 25 heavy (non-hydrogen) atoms. The van der Waals surface area contributed by atoms with Gasteiger partial charge < -0.3 is 15.2 Å². The second-order valence-electron chi connectivity index (χ2n) is 5.02. The number of ether oxygens (including phenoxy) is 2. The van der Waals surface area contributed by atoms with Crippen LogP contribution in [0.4, 0.5) is 5.69 Å². The number of hydrogen-bond acceptors (Lipinski definition) is 5. The van der Waals surface area contributed by atoms with E-state index in [1.807, 2.05) is 6.92 Å². The summed E-state index contributed by atoms with van der Waals surface area (Å²) in [6, 6.07) is 10.2. The van der Waals surface area contributed by atoms with Gasteiger partial charge in [0.15, 0.2) is 11.5 Å². The molecule has 2 rings (SSSR count). The summed E-state index contributed by atoms with van der Waals surface area (Å²) in [5, 5.41) is 0. The van der Waals surface area contributed by atoms with E-state index in [0.717, 1.165) is 0 Å². The molecule has 3 N–H and O–H groups in total. The van der Waals surface area contributed by atoms with Crippen LogP contribution in [0.5, 0.6) is 11.5 Å². The van der Waals surface area contributed by atoms with E-state index in [1.54, 1.807) is 13.0 Å². The largest absolute Gasteiger partial charge is 0.490 e. The second kappa shape index (κ2) is 7.89. The maximum absolute atomic E-state index is 12.5. The molecule has 0 saturated carbocycles. The molecule has 0 spiro atoms. The first-order valence-electron chi connectivity index (χ1n) is 7.69. The average Bonchev–Trinajstić information content (AvgIpc) is 2.57. The Morgan fingerprint density at radius 2 is 1.60 bits per heavy atom. The summed E-state index contributed by atoms with van der Waals surface area (Å²) in [5.74, 6) is 0.257. The highest BCUT2D eigenvalue weighted by molar-refractivity contribution is 7.92. The number of anilines is 1. The van der Waals surface area contributed by atoms with Gasteiger partial charge in [0.05, 0.1) is 18.1 Å². The zero-order valence-electron chi connectivity index (χ0n) is 14.0. The Balaban J connectivity index is 2.29. The van der Waals surface area contributed by atoms with Crippen molar-refractivity contribution < 1.29 is 22.7 Å². The average molecular weight is 364 g/mol. The molecule has 7 nitrogen and oxygen atoms in total. The Kier molecular flexibility index (Phi) is 5.87. The first-order chi connectivity index (χ1) is 11.9. The van der Waals surface area contributed by atoms with Gasteiger partial charge in [-0.3, -0.25) is 9.52 Å². The van der Waals surface area contributed by atoms with Gasteiger partial charge in [0, 0.05) is 17.3 Å². The Labute approximate surface area is 146 Å². The van der Waals surface area contributed by atoms with Crippen molar-refractivity contribution in [2.45, 2.75) is 18.7 Å². The SMILES string of the molecule is CCOc1ccc(S(=O)(=O)Nc2ccc(C(N)=O)cc2)cc1OCC. The molecule has 2 aromatic rings. The summed E-state index contributed by atoms with van der Waals surface area (Å²) >= 11 is 0. The van der Waals surface area contributed by atoms with Crippen LogP contribution >= 0.6 is 0 Å². The summed E-state index contributed by atoms with van der Waals surface area (Å²) in [6.45, 7) is 4.45. The molecule has 1 amide bonds. The molecule has 0 heterocycles. The van der Waals surface area contributed by atoms with Gasteiger partial charge in [-0.2, -0.15) is 0 Å². The van der Waals surface area contributed by atoms with Crippen molar-refractivity contribution in [3.63, 3.8) is 0 Å². The maximum atomic E-state index is 12.5. The standard InChI is InChI=1S/C17H20N2O5S/c1-3-23-15-10-9-14(11-16(15)24-4-2)25(21,22)19-13-7-5-12(6-8-13)17(18)20/h5-11,19H,3-4H2,1-2H3,(H2,18,20). The third-order valence-corrected chi connectivity index (χ3v) is 4.63. The normalized spacial score (nSPS) is 11.0. The molecular weight excluding hydrogens is 344 g/mol. The van der Waals surface area contributed by atoms with Gasteiger partial charge in [0.25, 0.3) is 10.0 Å². The number of carbonyl (C=O) groups is 1. The minimum atomic E-state index is -3.82. The van der Waals surface area contributed by atoms with Crippen molar-refractivity contribution in [1.82, 2.24) is 0 Å². The molecule has 0 aliphatic heterocycles. The Bertz CT molecular complexity index is 848. The highest BCUT2D eigenvalue weighted by Gasteiger charge is 2.18. The zero-order valence-corrected chi connectivity index (χ0v) is 14.8. The first-order valence-corrected chi connectivity index (χ1v) is 9.18. The number of nitrogens with two attached hydrogens (primary N) is 1. The number of hydrogen-bond donors (Lipinski definition) is 2. The smallest absolute Gasteiger partial charge is 0.262 e. The number of rotatable bonds is 8. The Hall–Kier alpha value is -2.74. The molecule has 0 unspecified atom stereocenters. The molecule has 0 aliphatic rings. The molecule has 0 fully saturated rings. The molecule has 0 radical (unpaired) electrons. The van der Waals surface area contributed by atoms with E-state index < -0.39 is 15.9 Å². The van der Waals surface area contributed by atoms with Gasteiger partial charge in [-0.05, 0) is 50.2 Å². The van der Waals surface area contributed by atoms with E-state index in [2.05, 4.69) is 4.72 Å². The van der Waals surface area contributed by atoms with Crippen LogP contribution in [0.15, 0.2) is 47.4 Å². The predicted octanol–water partition coefficient (Wildman–Crippen LogP) is 2.38. The van der Waals surface area contributed by atoms with Crippen molar-refractivity contribution in [3.8, 4) is 11.5 Å². The van der Waals surface area contributed by atoms with Crippen LogP contribution < -0.4 is 19.9 Å². The van der Waals surface area contributed by atoms with Crippen LogP contribution in [-0.2, 0) is 10.0 Å². The number of carbonyl (C=O) groups excluding carboxylic acids is 1. The molecule has 8 heteroatoms. The fourth-order valence-electron chi connectivity index (χ4n) is 2.12. The lowest BCUT2D eigenvalue weighted by Crippen LogP contribution is -2.14. The monoisotopic (exact) mass is 364 g/mol. The number of primary amides is 1. The van der Waals surface area contributed by atoms with Crippen LogP contribution in [0.25, 0.3) is 0 Å². The molecular formula is C17H20N2O5S. The van der Waals surface area contributed by atoms with Gasteiger partial charge in [-0.1, -0.05) is 0 Å². The van der Waals surface area contributed by atoms with E-state index in [-0.39, 0.29) is 4.90 Å². The van der Waals surface area contributed by atoms with E-state index in [1.165, 1.54) is 36.4 Å². The van der Waals surface area contributed by atoms with E-state index >= 15 is 0 Å². The minimum absolute atomic E-state index is 0.0402. The van der Waals surface area contributed by atoms with Crippen LogP contribution in [0.3, 0.4) is 0 Å². The molecule has 0 aliphatic carbocycles. The number of benzene rings is 2. The van der Waals surface area contributed by atoms with Crippen LogP contribution in [0.1, 0.15) is 24.2 Å². The summed E-state index contributed by atoms with van der Waals surface area (Å²) in [7, 11) is -3.82. The lowest BCUT2D eigenvalue weighted by atomic mass is 10.2. The molecule has 0 saturated heterocycles. The van der Waals surface area contributed by atoms with Crippen molar-refractivity contribution in [2.75, 3.05) is 17.9 Å².